The van der Waals surface area contributed by atoms with E-state index in [1.54, 1.807) is 0 Å². The third-order valence-corrected chi connectivity index (χ3v) is 6.23. The number of aliphatic imine (C=N–C) groups is 1. The van der Waals surface area contributed by atoms with Gasteiger partial charge in [0.25, 0.3) is 5.91 Å². The van der Waals surface area contributed by atoms with Gasteiger partial charge in [-0.2, -0.15) is 4.99 Å². The molecule has 0 spiro atoms. The summed E-state index contributed by atoms with van der Waals surface area (Å²) in [5.41, 5.74) is 3.70. The molecule has 0 radical (unpaired) electrons. The molecule has 2 aromatic rings. The smallest absolute Gasteiger partial charge is 0.286 e. The maximum Gasteiger partial charge on any atom is 0.286 e. The summed E-state index contributed by atoms with van der Waals surface area (Å²) in [6.45, 7) is 6.91. The van der Waals surface area contributed by atoms with Crippen LogP contribution in [-0.4, -0.2) is 47.1 Å². The fourth-order valence-corrected chi connectivity index (χ4v) is 4.44. The minimum Gasteiger partial charge on any atom is -0.348 e. The highest BCUT2D eigenvalue weighted by molar-refractivity contribution is 8.18. The van der Waals surface area contributed by atoms with Crippen LogP contribution in [0.3, 0.4) is 0 Å². The fraction of sp³-hybridized carbons (Fsp3) is 0.304. The number of benzene rings is 2. The molecule has 0 N–H and O–H groups in total. The monoisotopic (exact) mass is 391 g/mol. The average molecular weight is 392 g/mol. The highest BCUT2D eigenvalue weighted by Crippen LogP contribution is 2.30. The Morgan fingerprint density at radius 3 is 2.36 bits per heavy atom. The molecule has 0 saturated carbocycles. The Morgan fingerprint density at radius 2 is 1.68 bits per heavy atom. The topological polar surface area (TPSA) is 35.9 Å². The Bertz CT molecular complexity index is 882. The Morgan fingerprint density at radius 1 is 0.964 bits per heavy atom. The third kappa shape index (κ3) is 4.54. The van der Waals surface area contributed by atoms with Crippen LogP contribution in [0.4, 0.5) is 0 Å². The third-order valence-electron chi connectivity index (χ3n) is 5.19. The van der Waals surface area contributed by atoms with Crippen LogP contribution in [0.15, 0.2) is 64.5 Å². The minimum atomic E-state index is -0.119. The van der Waals surface area contributed by atoms with Gasteiger partial charge in [0, 0.05) is 32.7 Å². The number of nitrogens with zero attached hydrogens (tertiary/aromatic N) is 3. The van der Waals surface area contributed by atoms with Crippen LogP contribution in [0.25, 0.3) is 6.08 Å². The van der Waals surface area contributed by atoms with Crippen molar-refractivity contribution in [1.29, 1.82) is 0 Å². The van der Waals surface area contributed by atoms with E-state index in [2.05, 4.69) is 76.3 Å². The summed E-state index contributed by atoms with van der Waals surface area (Å²) in [4.78, 5) is 22.1. The van der Waals surface area contributed by atoms with Gasteiger partial charge in [0.15, 0.2) is 5.17 Å². The predicted octanol–water partition coefficient (Wildman–Crippen LogP) is 4.04. The minimum absolute atomic E-state index is 0.119. The van der Waals surface area contributed by atoms with Gasteiger partial charge in [-0.3, -0.25) is 9.69 Å². The van der Waals surface area contributed by atoms with Crippen LogP contribution in [0.1, 0.15) is 23.6 Å². The molecular formula is C23H25N3OS. The van der Waals surface area contributed by atoms with Gasteiger partial charge in [-0.25, -0.2) is 0 Å². The van der Waals surface area contributed by atoms with Crippen molar-refractivity contribution in [1.82, 2.24) is 9.80 Å². The van der Waals surface area contributed by atoms with Gasteiger partial charge in [-0.05, 0) is 40.9 Å². The number of carbonyl (C=O) groups excluding carboxylic acids is 1. The number of piperazine rings is 1. The molecule has 1 amide bonds. The highest BCUT2D eigenvalue weighted by atomic mass is 32.2. The van der Waals surface area contributed by atoms with Gasteiger partial charge in [-0.1, -0.05) is 61.5 Å². The fourth-order valence-electron chi connectivity index (χ4n) is 3.47. The molecule has 0 bridgehead atoms. The van der Waals surface area contributed by atoms with E-state index in [0.717, 1.165) is 49.9 Å². The van der Waals surface area contributed by atoms with E-state index in [1.165, 1.54) is 22.9 Å². The van der Waals surface area contributed by atoms with E-state index in [1.807, 2.05) is 6.08 Å². The number of amidine groups is 1. The quantitative estimate of drug-likeness (QED) is 0.737. The van der Waals surface area contributed by atoms with Crippen molar-refractivity contribution in [3.05, 3.63) is 76.2 Å². The van der Waals surface area contributed by atoms with Crippen molar-refractivity contribution in [3.8, 4) is 0 Å². The van der Waals surface area contributed by atoms with Gasteiger partial charge in [0.1, 0.15) is 0 Å². The van der Waals surface area contributed by atoms with Gasteiger partial charge in [0.2, 0.25) is 0 Å². The van der Waals surface area contributed by atoms with E-state index in [0.29, 0.717) is 4.91 Å². The van der Waals surface area contributed by atoms with E-state index >= 15 is 0 Å². The zero-order valence-corrected chi connectivity index (χ0v) is 17.0. The molecule has 4 nitrogen and oxygen atoms in total. The molecule has 28 heavy (non-hydrogen) atoms. The lowest BCUT2D eigenvalue weighted by Gasteiger charge is -2.35. The first kappa shape index (κ1) is 19.0. The summed E-state index contributed by atoms with van der Waals surface area (Å²) < 4.78 is 0. The van der Waals surface area contributed by atoms with Crippen LogP contribution in [0.2, 0.25) is 0 Å². The summed E-state index contributed by atoms with van der Waals surface area (Å²) in [5, 5.41) is 0.848. The van der Waals surface area contributed by atoms with Crippen molar-refractivity contribution in [3.63, 3.8) is 0 Å². The van der Waals surface area contributed by atoms with Crippen molar-refractivity contribution in [2.24, 2.45) is 4.99 Å². The Balaban J connectivity index is 1.34. The Labute approximate surface area is 171 Å². The maximum absolute atomic E-state index is 12.3. The van der Waals surface area contributed by atoms with E-state index in [4.69, 9.17) is 0 Å². The van der Waals surface area contributed by atoms with Gasteiger partial charge in [0.05, 0.1) is 4.91 Å². The summed E-state index contributed by atoms with van der Waals surface area (Å²) in [6.07, 6.45) is 2.97. The number of rotatable bonds is 4. The van der Waals surface area contributed by atoms with Gasteiger partial charge in [-0.15, -0.1) is 0 Å². The second-order valence-corrected chi connectivity index (χ2v) is 8.16. The largest absolute Gasteiger partial charge is 0.348 e. The Hall–Kier alpha value is -2.37. The number of aryl methyl sites for hydroxylation is 1. The van der Waals surface area contributed by atoms with Crippen molar-refractivity contribution in [2.45, 2.75) is 19.9 Å². The molecule has 0 atom stereocenters. The lowest BCUT2D eigenvalue weighted by molar-refractivity contribution is -0.113. The van der Waals surface area contributed by atoms with Crippen LogP contribution in [-0.2, 0) is 17.8 Å². The predicted molar refractivity (Wildman–Crippen MR) is 117 cm³/mol. The van der Waals surface area contributed by atoms with Crippen molar-refractivity contribution < 1.29 is 4.79 Å². The summed E-state index contributed by atoms with van der Waals surface area (Å²) >= 11 is 1.50. The molecule has 2 heterocycles. The molecule has 1 saturated heterocycles. The lowest BCUT2D eigenvalue weighted by atomic mass is 10.1. The second kappa shape index (κ2) is 8.76. The standard InChI is InChI=1S/C23H25N3OS/c1-2-18-8-10-19(11-9-18)16-21-22(27)24-23(28-21)26-14-12-25(13-15-26)17-20-6-4-3-5-7-20/h3-11,16H,2,12-15,17H2,1H3/b21-16+. The van der Waals surface area contributed by atoms with E-state index in [9.17, 15) is 4.79 Å². The van der Waals surface area contributed by atoms with E-state index < -0.39 is 0 Å². The van der Waals surface area contributed by atoms with Crippen LogP contribution in [0.5, 0.6) is 0 Å². The van der Waals surface area contributed by atoms with Crippen molar-refractivity contribution >= 4 is 28.9 Å². The molecule has 2 aliphatic rings. The molecule has 0 aromatic heterocycles. The zero-order valence-electron chi connectivity index (χ0n) is 16.2. The summed E-state index contributed by atoms with van der Waals surface area (Å²) in [6, 6.07) is 18.9. The molecule has 2 aromatic carbocycles. The summed E-state index contributed by atoms with van der Waals surface area (Å²) in [7, 11) is 0. The van der Waals surface area contributed by atoms with Gasteiger partial charge < -0.3 is 4.90 Å². The maximum atomic E-state index is 12.3. The molecule has 0 unspecified atom stereocenters. The molecule has 1 fully saturated rings. The first-order chi connectivity index (χ1) is 13.7. The van der Waals surface area contributed by atoms with Gasteiger partial charge >= 0.3 is 0 Å². The first-order valence-electron chi connectivity index (χ1n) is 9.84. The number of thioether (sulfide) groups is 1. The number of carbonyl (C=O) groups is 1. The molecule has 0 aliphatic carbocycles. The van der Waals surface area contributed by atoms with E-state index in [-0.39, 0.29) is 5.91 Å². The molecule has 144 valence electrons. The Kier molecular flexibility index (Phi) is 5.93. The number of amides is 1. The molecule has 2 aliphatic heterocycles. The van der Waals surface area contributed by atoms with Crippen molar-refractivity contribution in [2.75, 3.05) is 26.2 Å². The van der Waals surface area contributed by atoms with Crippen LogP contribution < -0.4 is 0 Å². The SMILES string of the molecule is CCc1ccc(/C=C2/SC(N3CCN(Cc4ccccc4)CC3)=NC2=O)cc1. The lowest BCUT2D eigenvalue weighted by Crippen LogP contribution is -2.47. The summed E-state index contributed by atoms with van der Waals surface area (Å²) in [5.74, 6) is -0.119. The number of hydrogen-bond acceptors (Lipinski definition) is 4. The normalized spacial score (nSPS) is 19.3. The molecule has 5 heteroatoms. The van der Waals surface area contributed by atoms with Crippen LogP contribution in [0, 0.1) is 0 Å². The first-order valence-corrected chi connectivity index (χ1v) is 10.7. The second-order valence-electron chi connectivity index (χ2n) is 7.15. The zero-order chi connectivity index (χ0) is 19.3. The molecular weight excluding hydrogens is 366 g/mol. The average Bonchev–Trinajstić information content (AvgIpc) is 3.10. The number of hydrogen-bond donors (Lipinski definition) is 0. The molecule has 4 rings (SSSR count). The highest BCUT2D eigenvalue weighted by Gasteiger charge is 2.28. The van der Waals surface area contributed by atoms with Crippen LogP contribution >= 0.6 is 11.8 Å².